The summed E-state index contributed by atoms with van der Waals surface area (Å²) in [7, 11) is 0. The van der Waals surface area contributed by atoms with Crippen molar-refractivity contribution in [3.63, 3.8) is 0 Å². The number of alkyl halides is 2. The maximum Gasteiger partial charge on any atom is 0.267 e. The average molecular weight is 387 g/mol. The van der Waals surface area contributed by atoms with E-state index in [-0.39, 0.29) is 23.7 Å². The zero-order valence-corrected chi connectivity index (χ0v) is 14.7. The Bertz CT molecular complexity index is 975. The van der Waals surface area contributed by atoms with Crippen molar-refractivity contribution in [1.29, 1.82) is 0 Å². The van der Waals surface area contributed by atoms with Crippen LogP contribution in [0.1, 0.15) is 34.2 Å². The number of rotatable bonds is 4. The van der Waals surface area contributed by atoms with Gasteiger partial charge in [-0.05, 0) is 29.8 Å². The van der Waals surface area contributed by atoms with Crippen LogP contribution in [-0.4, -0.2) is 43.0 Å². The summed E-state index contributed by atoms with van der Waals surface area (Å²) in [5, 5.41) is 7.84. The molecule has 1 amide bonds. The Balaban J connectivity index is 1.64. The molecule has 3 aromatic rings. The molecule has 1 aliphatic rings. The third kappa shape index (κ3) is 3.60. The molecule has 1 aromatic carbocycles. The summed E-state index contributed by atoms with van der Waals surface area (Å²) in [5.41, 5.74) is 0.993. The Morgan fingerprint density at radius 3 is 2.71 bits per heavy atom. The molecule has 1 aliphatic heterocycles. The number of halogens is 3. The van der Waals surface area contributed by atoms with Crippen LogP contribution in [0.3, 0.4) is 0 Å². The molecule has 1 saturated heterocycles. The fourth-order valence-electron chi connectivity index (χ4n) is 3.35. The van der Waals surface area contributed by atoms with Gasteiger partial charge in [-0.25, -0.2) is 13.2 Å². The van der Waals surface area contributed by atoms with Gasteiger partial charge in [0, 0.05) is 18.8 Å². The molecule has 0 saturated carbocycles. The van der Waals surface area contributed by atoms with E-state index in [0.29, 0.717) is 0 Å². The van der Waals surface area contributed by atoms with E-state index in [1.807, 2.05) is 0 Å². The smallest absolute Gasteiger partial charge is 0.267 e. The van der Waals surface area contributed by atoms with Crippen molar-refractivity contribution in [2.75, 3.05) is 6.54 Å². The highest BCUT2D eigenvalue weighted by Crippen LogP contribution is 2.41. The minimum atomic E-state index is -3.03. The van der Waals surface area contributed by atoms with Gasteiger partial charge in [0.05, 0.1) is 24.7 Å². The molecule has 4 rings (SSSR count). The fraction of sp³-hybridized carbons (Fsp3) is 0.263. The first kappa shape index (κ1) is 18.1. The van der Waals surface area contributed by atoms with E-state index in [2.05, 4.69) is 15.2 Å². The maximum absolute atomic E-state index is 14.2. The summed E-state index contributed by atoms with van der Waals surface area (Å²) in [6.45, 7) is -0.422. The Hall–Kier alpha value is -3.23. The van der Waals surface area contributed by atoms with Gasteiger partial charge >= 0.3 is 0 Å². The zero-order valence-electron chi connectivity index (χ0n) is 14.7. The molecule has 0 spiro atoms. The van der Waals surface area contributed by atoms with Gasteiger partial charge in [-0.1, -0.05) is 12.1 Å². The lowest BCUT2D eigenvalue weighted by Crippen LogP contribution is -2.34. The fourth-order valence-corrected chi connectivity index (χ4v) is 3.35. The van der Waals surface area contributed by atoms with Crippen LogP contribution in [0.2, 0.25) is 0 Å². The molecule has 9 heteroatoms. The Morgan fingerprint density at radius 2 is 2.00 bits per heavy atom. The predicted octanol–water partition coefficient (Wildman–Crippen LogP) is 3.08. The predicted molar refractivity (Wildman–Crippen MR) is 93.1 cm³/mol. The monoisotopic (exact) mass is 387 g/mol. The second kappa shape index (κ2) is 7.06. The van der Waals surface area contributed by atoms with Crippen LogP contribution in [0.25, 0.3) is 0 Å². The number of likely N-dealkylation sites (tertiary alicyclic amines) is 1. The molecule has 144 valence electrons. The molecule has 0 unspecified atom stereocenters. The van der Waals surface area contributed by atoms with E-state index >= 15 is 0 Å². The first-order valence-corrected chi connectivity index (χ1v) is 8.64. The molecule has 6 nitrogen and oxygen atoms in total. The average Bonchev–Trinajstić information content (AvgIpc) is 3.27. The van der Waals surface area contributed by atoms with Gasteiger partial charge in [0.25, 0.3) is 11.8 Å². The molecule has 0 N–H and O–H groups in total. The number of nitrogens with zero attached hydrogens (tertiary/aromatic N) is 5. The molecule has 3 heterocycles. The SMILES string of the molecule is O=C(c1cccnc1)N1CC(F)(F)C[C@H]1c1nncn1Cc1ccc(F)cc1. The van der Waals surface area contributed by atoms with Gasteiger partial charge in [-0.3, -0.25) is 9.78 Å². The van der Waals surface area contributed by atoms with Crippen molar-refractivity contribution in [2.24, 2.45) is 0 Å². The number of carbonyl (C=O) groups excluding carboxylic acids is 1. The highest BCUT2D eigenvalue weighted by atomic mass is 19.3. The molecular formula is C19H16F3N5O. The molecule has 0 bridgehead atoms. The maximum atomic E-state index is 14.2. The number of aromatic nitrogens is 4. The Morgan fingerprint density at radius 1 is 1.21 bits per heavy atom. The summed E-state index contributed by atoms with van der Waals surface area (Å²) in [5.74, 6) is -3.67. The minimum absolute atomic E-state index is 0.231. The molecule has 1 atom stereocenters. The summed E-state index contributed by atoms with van der Waals surface area (Å²) >= 11 is 0. The van der Waals surface area contributed by atoms with E-state index in [1.54, 1.807) is 22.8 Å². The summed E-state index contributed by atoms with van der Waals surface area (Å²) in [4.78, 5) is 17.8. The number of amides is 1. The molecule has 0 radical (unpaired) electrons. The number of benzene rings is 1. The van der Waals surface area contributed by atoms with Gasteiger partial charge in [0.1, 0.15) is 12.1 Å². The Labute approximate surface area is 158 Å². The van der Waals surface area contributed by atoms with Crippen LogP contribution in [0.5, 0.6) is 0 Å². The molecular weight excluding hydrogens is 371 g/mol. The molecule has 1 fully saturated rings. The van der Waals surface area contributed by atoms with Crippen LogP contribution in [0, 0.1) is 5.82 Å². The topological polar surface area (TPSA) is 63.9 Å². The van der Waals surface area contributed by atoms with Crippen molar-refractivity contribution in [3.05, 3.63) is 77.9 Å². The standard InChI is InChI=1S/C19H16F3N5O/c20-15-5-3-13(4-6-15)10-26-12-24-25-17(26)16-8-19(21,22)11-27(16)18(28)14-2-1-7-23-9-14/h1-7,9,12,16H,8,10-11H2/t16-/m0/s1. The van der Waals surface area contributed by atoms with Crippen LogP contribution in [-0.2, 0) is 6.54 Å². The van der Waals surface area contributed by atoms with Crippen LogP contribution in [0.4, 0.5) is 13.2 Å². The quantitative estimate of drug-likeness (QED) is 0.690. The van der Waals surface area contributed by atoms with Crippen LogP contribution in [0.15, 0.2) is 55.1 Å². The highest BCUT2D eigenvalue weighted by Gasteiger charge is 2.49. The van der Waals surface area contributed by atoms with Crippen molar-refractivity contribution in [2.45, 2.75) is 24.9 Å². The van der Waals surface area contributed by atoms with Gasteiger partial charge in [-0.15, -0.1) is 10.2 Å². The lowest BCUT2D eigenvalue weighted by Gasteiger charge is -2.23. The van der Waals surface area contributed by atoms with Crippen LogP contribution < -0.4 is 0 Å². The van der Waals surface area contributed by atoms with E-state index < -0.39 is 30.8 Å². The Kier molecular flexibility index (Phi) is 4.58. The van der Waals surface area contributed by atoms with Gasteiger partial charge in [0.15, 0.2) is 5.82 Å². The number of pyridine rings is 1. The summed E-state index contributed by atoms with van der Waals surface area (Å²) in [6.07, 6.45) is 3.73. The lowest BCUT2D eigenvalue weighted by molar-refractivity contribution is 0.0117. The normalized spacial score (nSPS) is 18.4. The lowest BCUT2D eigenvalue weighted by atomic mass is 10.1. The molecule has 0 aliphatic carbocycles. The van der Waals surface area contributed by atoms with Gasteiger partial charge in [-0.2, -0.15) is 0 Å². The molecule has 28 heavy (non-hydrogen) atoms. The summed E-state index contributed by atoms with van der Waals surface area (Å²) < 4.78 is 43.1. The zero-order chi connectivity index (χ0) is 19.7. The van der Waals surface area contributed by atoms with Gasteiger partial charge < -0.3 is 9.47 Å². The van der Waals surface area contributed by atoms with Crippen molar-refractivity contribution < 1.29 is 18.0 Å². The number of hydrogen-bond donors (Lipinski definition) is 0. The van der Waals surface area contributed by atoms with E-state index in [4.69, 9.17) is 0 Å². The third-order valence-corrected chi connectivity index (χ3v) is 4.65. The first-order valence-electron chi connectivity index (χ1n) is 8.64. The van der Waals surface area contributed by atoms with E-state index in [1.165, 1.54) is 36.9 Å². The van der Waals surface area contributed by atoms with Crippen LogP contribution >= 0.6 is 0 Å². The number of hydrogen-bond acceptors (Lipinski definition) is 4. The third-order valence-electron chi connectivity index (χ3n) is 4.65. The summed E-state index contributed by atoms with van der Waals surface area (Å²) in [6, 6.07) is 8.02. The second-order valence-electron chi connectivity index (χ2n) is 6.69. The van der Waals surface area contributed by atoms with E-state index in [0.717, 1.165) is 10.5 Å². The van der Waals surface area contributed by atoms with Gasteiger partial charge in [0.2, 0.25) is 0 Å². The van der Waals surface area contributed by atoms with Crippen molar-refractivity contribution >= 4 is 5.91 Å². The first-order chi connectivity index (χ1) is 13.4. The minimum Gasteiger partial charge on any atom is -0.322 e. The highest BCUT2D eigenvalue weighted by molar-refractivity contribution is 5.94. The number of carbonyl (C=O) groups is 1. The van der Waals surface area contributed by atoms with E-state index in [9.17, 15) is 18.0 Å². The van der Waals surface area contributed by atoms with Crippen molar-refractivity contribution in [3.8, 4) is 0 Å². The second-order valence-corrected chi connectivity index (χ2v) is 6.69. The largest absolute Gasteiger partial charge is 0.322 e. The van der Waals surface area contributed by atoms with Crippen molar-refractivity contribution in [1.82, 2.24) is 24.6 Å². The molecule has 2 aromatic heterocycles.